The van der Waals surface area contributed by atoms with Gasteiger partial charge in [-0.05, 0) is 30.3 Å². The van der Waals surface area contributed by atoms with E-state index in [1.807, 2.05) is 24.3 Å². The molecule has 2 N–H and O–H groups in total. The topological polar surface area (TPSA) is 62.2 Å². The number of aromatic hydroxyl groups is 1. The smallest absolute Gasteiger partial charge is 0.258 e. The van der Waals surface area contributed by atoms with Gasteiger partial charge in [-0.1, -0.05) is 70.1 Å². The summed E-state index contributed by atoms with van der Waals surface area (Å²) in [4.78, 5) is 17.4. The first-order chi connectivity index (χ1) is 14.3. The van der Waals surface area contributed by atoms with Crippen LogP contribution in [0.3, 0.4) is 0 Å². The highest BCUT2D eigenvalue weighted by atomic mass is 35.5. The summed E-state index contributed by atoms with van der Waals surface area (Å²) in [5.41, 5.74) is 1.57. The quantitative estimate of drug-likeness (QED) is 0.163. The number of fused-ring (bicyclic) bond motifs is 1. The monoisotopic (exact) mass is 516 g/mol. The van der Waals surface area contributed by atoms with Crippen LogP contribution in [0.25, 0.3) is 20.8 Å². The normalized spacial score (nSPS) is 11.1. The molecule has 4 aromatic rings. The number of carbonyl (C=O) groups is 1. The fourth-order valence-electron chi connectivity index (χ4n) is 2.77. The van der Waals surface area contributed by atoms with Gasteiger partial charge in [0, 0.05) is 5.69 Å². The largest absolute Gasteiger partial charge is 0.507 e. The van der Waals surface area contributed by atoms with Crippen molar-refractivity contribution in [2.75, 3.05) is 5.32 Å². The molecule has 0 fully saturated rings. The Kier molecular flexibility index (Phi) is 6.04. The fourth-order valence-corrected chi connectivity index (χ4v) is 5.07. The number of benzene rings is 3. The Morgan fingerprint density at radius 1 is 0.900 bits per heavy atom. The molecule has 0 aliphatic heterocycles. The summed E-state index contributed by atoms with van der Waals surface area (Å²) in [6.07, 6.45) is 0. The third-order valence-corrected chi connectivity index (χ3v) is 7.56. The zero-order chi connectivity index (χ0) is 21.6. The second kappa shape index (κ2) is 8.42. The summed E-state index contributed by atoms with van der Waals surface area (Å²) in [6, 6.07) is 12.2. The van der Waals surface area contributed by atoms with Crippen molar-refractivity contribution in [2.45, 2.75) is 0 Å². The molecule has 0 unspecified atom stereocenters. The maximum atomic E-state index is 12.8. The van der Waals surface area contributed by atoms with Gasteiger partial charge < -0.3 is 10.4 Å². The van der Waals surface area contributed by atoms with Crippen molar-refractivity contribution in [3.05, 3.63) is 73.1 Å². The molecule has 0 radical (unpaired) electrons. The van der Waals surface area contributed by atoms with E-state index in [1.54, 1.807) is 6.07 Å². The number of nitrogens with one attached hydrogen (secondary N) is 1. The SMILES string of the molecule is O=C(Nc1ccc(O)c(-c2nc3ccccc3s2)c1)c1c(Cl)c(Cl)c(Cl)c(Cl)c1Cl. The lowest BCUT2D eigenvalue weighted by Crippen LogP contribution is -2.13. The second-order valence-corrected chi connectivity index (χ2v) is 9.04. The van der Waals surface area contributed by atoms with Crippen LogP contribution in [-0.4, -0.2) is 16.0 Å². The third kappa shape index (κ3) is 3.82. The van der Waals surface area contributed by atoms with Gasteiger partial charge in [0.1, 0.15) is 10.8 Å². The predicted molar refractivity (Wildman–Crippen MR) is 126 cm³/mol. The van der Waals surface area contributed by atoms with Crippen LogP contribution >= 0.6 is 69.3 Å². The molecule has 4 nitrogen and oxygen atoms in total. The number of halogens is 5. The van der Waals surface area contributed by atoms with Crippen molar-refractivity contribution in [1.29, 1.82) is 0 Å². The third-order valence-electron chi connectivity index (χ3n) is 4.22. The van der Waals surface area contributed by atoms with Crippen molar-refractivity contribution >= 4 is 91.2 Å². The number of amides is 1. The molecule has 0 bridgehead atoms. The van der Waals surface area contributed by atoms with Crippen molar-refractivity contribution in [1.82, 2.24) is 4.98 Å². The van der Waals surface area contributed by atoms with Crippen molar-refractivity contribution in [3.63, 3.8) is 0 Å². The number of carbonyl (C=O) groups excluding carboxylic acids is 1. The molecule has 1 heterocycles. The van der Waals surface area contributed by atoms with Gasteiger partial charge in [-0.2, -0.15) is 0 Å². The van der Waals surface area contributed by atoms with Gasteiger partial charge in [0.25, 0.3) is 5.91 Å². The van der Waals surface area contributed by atoms with Crippen molar-refractivity contribution in [2.24, 2.45) is 0 Å². The Labute approximate surface area is 199 Å². The van der Waals surface area contributed by atoms with E-state index in [4.69, 9.17) is 58.0 Å². The van der Waals surface area contributed by atoms with E-state index in [0.29, 0.717) is 16.3 Å². The first kappa shape index (κ1) is 21.5. The molecule has 4 rings (SSSR count). The van der Waals surface area contributed by atoms with E-state index in [0.717, 1.165) is 10.2 Å². The van der Waals surface area contributed by atoms with Gasteiger partial charge in [0.15, 0.2) is 0 Å². The Hall–Kier alpha value is -1.73. The molecule has 0 aliphatic rings. The molecule has 0 atom stereocenters. The first-order valence-corrected chi connectivity index (χ1v) is 11.0. The number of thiazole rings is 1. The molecule has 0 saturated carbocycles. The van der Waals surface area contributed by atoms with Crippen LogP contribution in [0, 0.1) is 0 Å². The lowest BCUT2D eigenvalue weighted by Gasteiger charge is -2.13. The molecule has 152 valence electrons. The van der Waals surface area contributed by atoms with E-state index in [-0.39, 0.29) is 36.4 Å². The molecule has 3 aromatic carbocycles. The van der Waals surface area contributed by atoms with Gasteiger partial charge >= 0.3 is 0 Å². The van der Waals surface area contributed by atoms with Gasteiger partial charge in [0.2, 0.25) is 0 Å². The number of phenolic OH excluding ortho intramolecular Hbond substituents is 1. The van der Waals surface area contributed by atoms with Crippen LogP contribution in [-0.2, 0) is 0 Å². The summed E-state index contributed by atoms with van der Waals surface area (Å²) in [5, 5.41) is 13.2. The van der Waals surface area contributed by atoms with E-state index in [2.05, 4.69) is 10.3 Å². The average molecular weight is 519 g/mol. The van der Waals surface area contributed by atoms with Crippen molar-refractivity contribution in [3.8, 4) is 16.3 Å². The number of anilines is 1. The minimum Gasteiger partial charge on any atom is -0.507 e. The number of phenols is 1. The zero-order valence-corrected chi connectivity index (χ0v) is 19.2. The van der Waals surface area contributed by atoms with Gasteiger partial charge in [0.05, 0.1) is 46.5 Å². The Morgan fingerprint density at radius 3 is 2.20 bits per heavy atom. The summed E-state index contributed by atoms with van der Waals surface area (Å²) in [5.74, 6) is -0.605. The molecule has 30 heavy (non-hydrogen) atoms. The number of rotatable bonds is 3. The standard InChI is InChI=1S/C20H9Cl5N2O2S/c21-14-13(15(22)17(24)18(25)16(14)23)19(29)26-8-5-6-11(28)9(7-8)20-27-10-3-1-2-4-12(10)30-20/h1-7,28H,(H,26,29). The zero-order valence-electron chi connectivity index (χ0n) is 14.6. The highest BCUT2D eigenvalue weighted by molar-refractivity contribution is 7.21. The van der Waals surface area contributed by atoms with Crippen LogP contribution in [0.4, 0.5) is 5.69 Å². The summed E-state index contributed by atoms with van der Waals surface area (Å²) in [6.45, 7) is 0. The number of hydrogen-bond donors (Lipinski definition) is 2. The molecule has 10 heteroatoms. The minimum atomic E-state index is -0.633. The van der Waals surface area contributed by atoms with Gasteiger partial charge in [-0.3, -0.25) is 4.79 Å². The lowest BCUT2D eigenvalue weighted by molar-refractivity contribution is 0.102. The van der Waals surface area contributed by atoms with Gasteiger partial charge in [-0.25, -0.2) is 4.98 Å². The molecule has 1 amide bonds. The van der Waals surface area contributed by atoms with Crippen molar-refractivity contribution < 1.29 is 9.90 Å². The number of hydrogen-bond acceptors (Lipinski definition) is 4. The van der Waals surface area contributed by atoms with Crippen LogP contribution in [0.2, 0.25) is 25.1 Å². The highest BCUT2D eigenvalue weighted by Crippen LogP contribution is 2.44. The Balaban J connectivity index is 1.72. The molecule has 0 saturated heterocycles. The molecular weight excluding hydrogens is 510 g/mol. The number of aromatic nitrogens is 1. The Bertz CT molecular complexity index is 1260. The summed E-state index contributed by atoms with van der Waals surface area (Å²) < 4.78 is 0.977. The van der Waals surface area contributed by atoms with Crippen LogP contribution in [0.1, 0.15) is 10.4 Å². The first-order valence-electron chi connectivity index (χ1n) is 8.29. The van der Waals surface area contributed by atoms with Crippen LogP contribution < -0.4 is 5.32 Å². The van der Waals surface area contributed by atoms with Crippen LogP contribution in [0.15, 0.2) is 42.5 Å². The summed E-state index contributed by atoms with van der Waals surface area (Å²) >= 11 is 31.8. The van der Waals surface area contributed by atoms with Crippen LogP contribution in [0.5, 0.6) is 5.75 Å². The number of para-hydroxylation sites is 1. The fraction of sp³-hybridized carbons (Fsp3) is 0. The molecule has 0 aliphatic carbocycles. The maximum absolute atomic E-state index is 12.8. The number of nitrogens with zero attached hydrogens (tertiary/aromatic N) is 1. The maximum Gasteiger partial charge on any atom is 0.258 e. The minimum absolute atomic E-state index is 0.0284. The average Bonchev–Trinajstić information content (AvgIpc) is 3.16. The summed E-state index contributed by atoms with van der Waals surface area (Å²) in [7, 11) is 0. The van der Waals surface area contributed by atoms with E-state index in [9.17, 15) is 9.90 Å². The molecule has 1 aromatic heterocycles. The Morgan fingerprint density at radius 2 is 1.53 bits per heavy atom. The second-order valence-electron chi connectivity index (χ2n) is 6.12. The van der Waals surface area contributed by atoms with E-state index in [1.165, 1.54) is 23.5 Å². The molecule has 0 spiro atoms. The van der Waals surface area contributed by atoms with Gasteiger partial charge in [-0.15, -0.1) is 11.3 Å². The highest BCUT2D eigenvalue weighted by Gasteiger charge is 2.24. The lowest BCUT2D eigenvalue weighted by atomic mass is 10.1. The predicted octanol–water partition coefficient (Wildman–Crippen LogP) is 8.19. The molecular formula is C20H9Cl5N2O2S. The van der Waals surface area contributed by atoms with E-state index >= 15 is 0 Å². The van der Waals surface area contributed by atoms with E-state index < -0.39 is 5.91 Å².